The fourth-order valence-electron chi connectivity index (χ4n) is 4.31. The molecule has 4 rings (SSSR count). The van der Waals surface area contributed by atoms with Crippen molar-refractivity contribution in [3.05, 3.63) is 59.7 Å². The zero-order valence-corrected chi connectivity index (χ0v) is 18.9. The zero-order valence-electron chi connectivity index (χ0n) is 18.9. The van der Waals surface area contributed by atoms with E-state index < -0.39 is 5.97 Å². The number of hydrogen-bond donors (Lipinski definition) is 3. The molecule has 2 aliphatic rings. The summed E-state index contributed by atoms with van der Waals surface area (Å²) in [4.78, 5) is 43.7. The first-order chi connectivity index (χ1) is 16.3. The van der Waals surface area contributed by atoms with Crippen LogP contribution in [0, 0.1) is 0 Å². The Morgan fingerprint density at radius 1 is 1.12 bits per heavy atom. The largest absolute Gasteiger partial charge is 0.492 e. The van der Waals surface area contributed by atoms with Gasteiger partial charge in [-0.2, -0.15) is 0 Å². The van der Waals surface area contributed by atoms with Crippen LogP contribution in [0.4, 0.5) is 11.4 Å². The third kappa shape index (κ3) is 4.83. The molecule has 1 atom stereocenters. The van der Waals surface area contributed by atoms with Gasteiger partial charge in [-0.05, 0) is 37.5 Å². The highest BCUT2D eigenvalue weighted by Crippen LogP contribution is 2.37. The Labute approximate surface area is 196 Å². The van der Waals surface area contributed by atoms with Crippen LogP contribution in [0.15, 0.2) is 54.1 Å². The van der Waals surface area contributed by atoms with Crippen LogP contribution < -0.4 is 15.1 Å². The summed E-state index contributed by atoms with van der Waals surface area (Å²) >= 11 is 0. The molecule has 1 amide bonds. The van der Waals surface area contributed by atoms with Gasteiger partial charge in [-0.15, -0.1) is 4.73 Å². The minimum absolute atomic E-state index is 0.0212. The summed E-state index contributed by atoms with van der Waals surface area (Å²) in [5, 5.41) is 21.8. The zero-order chi connectivity index (χ0) is 24.2. The predicted octanol–water partition coefficient (Wildman–Crippen LogP) is 3.33. The number of benzene rings is 1. The first-order valence-electron chi connectivity index (χ1n) is 11.3. The van der Waals surface area contributed by atoms with Crippen LogP contribution in [-0.4, -0.2) is 45.2 Å². The quantitative estimate of drug-likeness (QED) is 0.404. The van der Waals surface area contributed by atoms with Gasteiger partial charge in [0.2, 0.25) is 17.7 Å². The number of carbonyl (C=O) groups excluding carboxylic acids is 3. The molecule has 9 heteroatoms. The van der Waals surface area contributed by atoms with Crippen molar-refractivity contribution in [1.29, 1.82) is 0 Å². The minimum atomic E-state index is -0.554. The Balaban J connectivity index is 1.38. The van der Waals surface area contributed by atoms with E-state index in [-0.39, 0.29) is 35.9 Å². The highest BCUT2D eigenvalue weighted by atomic mass is 16.7. The fourth-order valence-corrected chi connectivity index (χ4v) is 4.31. The van der Waals surface area contributed by atoms with Crippen molar-refractivity contribution < 1.29 is 29.4 Å². The van der Waals surface area contributed by atoms with Crippen molar-refractivity contribution >= 4 is 29.0 Å². The average molecular weight is 466 g/mol. The van der Waals surface area contributed by atoms with Gasteiger partial charge in [0.05, 0.1) is 6.04 Å². The molecule has 0 fully saturated rings. The van der Waals surface area contributed by atoms with E-state index in [0.717, 1.165) is 24.1 Å². The summed E-state index contributed by atoms with van der Waals surface area (Å²) in [5.74, 6) is -1.47. The van der Waals surface area contributed by atoms with Gasteiger partial charge in [0.15, 0.2) is 5.78 Å². The molecule has 0 saturated heterocycles. The van der Waals surface area contributed by atoms with Gasteiger partial charge in [-0.25, -0.2) is 4.79 Å². The number of ketones is 1. The topological polar surface area (TPSA) is 121 Å². The van der Waals surface area contributed by atoms with Gasteiger partial charge in [0.25, 0.3) is 0 Å². The molecule has 0 radical (unpaired) electrons. The molecule has 1 aliphatic carbocycles. The molecule has 0 saturated carbocycles. The van der Waals surface area contributed by atoms with E-state index in [1.807, 2.05) is 24.3 Å². The number of aromatic nitrogens is 1. The number of amides is 1. The van der Waals surface area contributed by atoms with E-state index in [4.69, 9.17) is 4.84 Å². The average Bonchev–Trinajstić information content (AvgIpc) is 3.12. The van der Waals surface area contributed by atoms with Gasteiger partial charge < -0.3 is 25.3 Å². The molecule has 3 N–H and O–H groups in total. The second-order valence-electron chi connectivity index (χ2n) is 8.32. The summed E-state index contributed by atoms with van der Waals surface area (Å²) < 4.78 is 0.683. The molecule has 2 aromatic rings. The summed E-state index contributed by atoms with van der Waals surface area (Å²) in [7, 11) is 0. The Morgan fingerprint density at radius 2 is 1.88 bits per heavy atom. The Bertz CT molecular complexity index is 1160. The van der Waals surface area contributed by atoms with Crippen LogP contribution in [0.3, 0.4) is 0 Å². The van der Waals surface area contributed by atoms with E-state index in [1.165, 1.54) is 19.1 Å². The number of rotatable bonds is 8. The molecule has 1 aromatic carbocycles. The van der Waals surface area contributed by atoms with Crippen LogP contribution >= 0.6 is 0 Å². The standard InChI is InChI=1S/C25H27N3O6/c1-16(29)26-17-10-11-21-19(15-17)25(33)18-7-4-5-8-20(18)27(21)14-6-2-3-9-24(32)34-28-22(30)12-13-23(28)31/h5,7-8,10-13,15,20,30-31H,2-4,6,9,14H2,1H3,(H,26,29). The maximum Gasteiger partial charge on any atom is 0.333 e. The van der Waals surface area contributed by atoms with Crippen molar-refractivity contribution in [1.82, 2.24) is 4.73 Å². The lowest BCUT2D eigenvalue weighted by Gasteiger charge is -2.39. The molecule has 178 valence electrons. The van der Waals surface area contributed by atoms with Gasteiger partial charge in [-0.1, -0.05) is 24.6 Å². The second kappa shape index (κ2) is 9.86. The number of anilines is 2. The highest BCUT2D eigenvalue weighted by molar-refractivity contribution is 6.16. The normalized spacial score (nSPS) is 16.5. The number of nitrogens with one attached hydrogen (secondary N) is 1. The third-order valence-corrected chi connectivity index (χ3v) is 5.85. The number of carbonyl (C=O) groups is 3. The summed E-state index contributed by atoms with van der Waals surface area (Å²) in [6.45, 7) is 2.11. The van der Waals surface area contributed by atoms with E-state index in [2.05, 4.69) is 10.2 Å². The SMILES string of the molecule is CC(=O)Nc1ccc2c(c1)C(=O)C1=CCC=CC1N2CCCCCC(=O)On1c(O)ccc1O. The number of allylic oxidation sites excluding steroid dienone is 2. The number of hydrogen-bond acceptors (Lipinski definition) is 7. The maximum atomic E-state index is 13.1. The Kier molecular flexibility index (Phi) is 6.72. The number of nitrogens with zero attached hydrogens (tertiary/aromatic N) is 2. The van der Waals surface area contributed by atoms with Gasteiger partial charge in [0, 0.05) is 54.5 Å². The molecule has 1 unspecified atom stereocenters. The van der Waals surface area contributed by atoms with Crippen molar-refractivity contribution in [2.45, 2.75) is 45.1 Å². The summed E-state index contributed by atoms with van der Waals surface area (Å²) in [6, 6.07) is 7.71. The summed E-state index contributed by atoms with van der Waals surface area (Å²) in [5.41, 5.74) is 2.72. The molecule has 34 heavy (non-hydrogen) atoms. The van der Waals surface area contributed by atoms with Crippen molar-refractivity contribution in [3.63, 3.8) is 0 Å². The van der Waals surface area contributed by atoms with Crippen molar-refractivity contribution in [2.24, 2.45) is 0 Å². The Morgan fingerprint density at radius 3 is 2.62 bits per heavy atom. The van der Waals surface area contributed by atoms with E-state index in [9.17, 15) is 24.6 Å². The third-order valence-electron chi connectivity index (χ3n) is 5.85. The van der Waals surface area contributed by atoms with Gasteiger partial charge in [0.1, 0.15) is 0 Å². The van der Waals surface area contributed by atoms with Crippen LogP contribution in [0.1, 0.15) is 49.4 Å². The number of unbranched alkanes of at least 4 members (excludes halogenated alkanes) is 2. The molecule has 1 aromatic heterocycles. The molecule has 9 nitrogen and oxygen atoms in total. The maximum absolute atomic E-state index is 13.1. The minimum Gasteiger partial charge on any atom is -0.492 e. The molecule has 2 heterocycles. The monoisotopic (exact) mass is 465 g/mol. The smallest absolute Gasteiger partial charge is 0.333 e. The number of fused-ring (bicyclic) bond motifs is 2. The Hall–Kier alpha value is -4.01. The van der Waals surface area contributed by atoms with Crippen LogP contribution in [0.5, 0.6) is 11.8 Å². The molecule has 0 bridgehead atoms. The van der Waals surface area contributed by atoms with E-state index in [0.29, 0.717) is 35.4 Å². The van der Waals surface area contributed by atoms with Crippen LogP contribution in [-0.2, 0) is 9.59 Å². The lowest BCUT2D eigenvalue weighted by atomic mass is 9.86. The molecular weight excluding hydrogens is 438 g/mol. The number of aromatic hydroxyl groups is 2. The van der Waals surface area contributed by atoms with E-state index >= 15 is 0 Å². The fraction of sp³-hybridized carbons (Fsp3) is 0.320. The second-order valence-corrected chi connectivity index (χ2v) is 8.32. The van der Waals surface area contributed by atoms with Crippen molar-refractivity contribution in [2.75, 3.05) is 16.8 Å². The molecule has 0 spiro atoms. The highest BCUT2D eigenvalue weighted by Gasteiger charge is 2.35. The van der Waals surface area contributed by atoms with Crippen LogP contribution in [0.2, 0.25) is 0 Å². The van der Waals surface area contributed by atoms with Gasteiger partial charge >= 0.3 is 5.97 Å². The van der Waals surface area contributed by atoms with Crippen LogP contribution in [0.25, 0.3) is 0 Å². The molecule has 1 aliphatic heterocycles. The lowest BCUT2D eigenvalue weighted by Crippen LogP contribution is -2.43. The van der Waals surface area contributed by atoms with Gasteiger partial charge in [-0.3, -0.25) is 9.59 Å². The predicted molar refractivity (Wildman–Crippen MR) is 126 cm³/mol. The number of Topliss-reactive ketones (excluding diaryl/α,β-unsaturated/α-hetero) is 1. The van der Waals surface area contributed by atoms with Crippen molar-refractivity contribution in [3.8, 4) is 11.8 Å². The van der Waals surface area contributed by atoms with E-state index in [1.54, 1.807) is 12.1 Å². The lowest BCUT2D eigenvalue weighted by molar-refractivity contribution is -0.145. The first kappa shape index (κ1) is 23.2. The molecular formula is C25H27N3O6. The first-order valence-corrected chi connectivity index (χ1v) is 11.3. The summed E-state index contributed by atoms with van der Waals surface area (Å²) in [6.07, 6.45) is 9.01.